The molecule has 1 unspecified atom stereocenters. The van der Waals surface area contributed by atoms with Gasteiger partial charge in [-0.05, 0) is 6.42 Å². The molecule has 0 radical (unpaired) electrons. The Labute approximate surface area is 174 Å². The van der Waals surface area contributed by atoms with E-state index in [-0.39, 0.29) is 38.7 Å². The molecule has 26 heavy (non-hydrogen) atoms. The second-order valence-electron chi connectivity index (χ2n) is 7.22. The third-order valence-electron chi connectivity index (χ3n) is 4.63. The van der Waals surface area contributed by atoms with E-state index < -0.39 is 6.10 Å². The predicted molar refractivity (Wildman–Crippen MR) is 104 cm³/mol. The number of aliphatic hydroxyl groups is 2. The van der Waals surface area contributed by atoms with Gasteiger partial charge in [-0.3, -0.25) is 4.79 Å². The number of ether oxygens (including phenoxy) is 1. The van der Waals surface area contributed by atoms with Gasteiger partial charge in [-0.1, -0.05) is 96.8 Å². The molecule has 0 saturated carbocycles. The minimum Gasteiger partial charge on any atom is -0.463 e. The third-order valence-corrected chi connectivity index (χ3v) is 4.63. The monoisotopic (exact) mass is 422 g/mol. The largest absolute Gasteiger partial charge is 0.463 e. The summed E-state index contributed by atoms with van der Waals surface area (Å²) in [4.78, 5) is 11.4. The van der Waals surface area contributed by atoms with Gasteiger partial charge in [0.15, 0.2) is 0 Å². The van der Waals surface area contributed by atoms with Crippen molar-refractivity contribution in [3.05, 3.63) is 0 Å². The number of carbonyl (C=O) groups excluding carboxylic acids is 1. The summed E-state index contributed by atoms with van der Waals surface area (Å²) < 4.78 is 4.86. The standard InChI is InChI=1S/C21H42O4.Zn/c1-2-3-4-5-6-7-8-9-10-11-12-13-14-15-16-17-21(24)25-19-20(23)18-22;/h20,22-23H,2-19H2,1H3;. The zero-order valence-electron chi connectivity index (χ0n) is 17.2. The fraction of sp³-hybridized carbons (Fsp3) is 0.952. The van der Waals surface area contributed by atoms with Gasteiger partial charge in [0.05, 0.1) is 6.61 Å². The van der Waals surface area contributed by atoms with Crippen LogP contribution in [-0.2, 0) is 29.0 Å². The number of hydrogen-bond acceptors (Lipinski definition) is 4. The van der Waals surface area contributed by atoms with Crippen LogP contribution < -0.4 is 0 Å². The van der Waals surface area contributed by atoms with E-state index in [9.17, 15) is 4.79 Å². The first-order valence-electron chi connectivity index (χ1n) is 10.6. The van der Waals surface area contributed by atoms with Crippen LogP contribution in [0.4, 0.5) is 0 Å². The van der Waals surface area contributed by atoms with E-state index in [2.05, 4.69) is 6.92 Å². The van der Waals surface area contributed by atoms with Gasteiger partial charge in [0.1, 0.15) is 12.7 Å². The van der Waals surface area contributed by atoms with Crippen molar-refractivity contribution >= 4 is 5.97 Å². The maximum atomic E-state index is 11.4. The van der Waals surface area contributed by atoms with Crippen LogP contribution in [0.25, 0.3) is 0 Å². The summed E-state index contributed by atoms with van der Waals surface area (Å²) in [6.07, 6.45) is 19.0. The predicted octanol–water partition coefficient (Wildman–Crippen LogP) is 5.14. The van der Waals surface area contributed by atoms with Gasteiger partial charge in [0.2, 0.25) is 0 Å². The van der Waals surface area contributed by atoms with Crippen molar-refractivity contribution in [2.45, 2.75) is 116 Å². The number of carbonyl (C=O) groups is 1. The molecule has 0 aromatic carbocycles. The fourth-order valence-electron chi connectivity index (χ4n) is 2.95. The molecule has 0 aliphatic heterocycles. The maximum Gasteiger partial charge on any atom is 0.305 e. The molecule has 0 aromatic heterocycles. The number of rotatable bonds is 19. The van der Waals surface area contributed by atoms with Gasteiger partial charge in [0, 0.05) is 25.9 Å². The zero-order chi connectivity index (χ0) is 18.6. The van der Waals surface area contributed by atoms with E-state index in [0.29, 0.717) is 6.42 Å². The molecular weight excluding hydrogens is 382 g/mol. The Kier molecular flexibility index (Phi) is 25.0. The molecule has 0 spiro atoms. The van der Waals surface area contributed by atoms with Crippen molar-refractivity contribution in [2.24, 2.45) is 0 Å². The molecule has 0 aliphatic rings. The molecule has 0 fully saturated rings. The van der Waals surface area contributed by atoms with Crippen LogP contribution in [0.2, 0.25) is 0 Å². The van der Waals surface area contributed by atoms with Crippen molar-refractivity contribution < 1.29 is 39.2 Å². The minimum absolute atomic E-state index is 0. The topological polar surface area (TPSA) is 66.8 Å². The van der Waals surface area contributed by atoms with Crippen LogP contribution in [0, 0.1) is 0 Å². The Balaban J connectivity index is 0. The average Bonchev–Trinajstić information content (AvgIpc) is 2.62. The molecule has 1 atom stereocenters. The molecule has 0 aromatic rings. The van der Waals surface area contributed by atoms with Crippen molar-refractivity contribution in [1.82, 2.24) is 0 Å². The van der Waals surface area contributed by atoms with E-state index >= 15 is 0 Å². The molecule has 4 nitrogen and oxygen atoms in total. The van der Waals surface area contributed by atoms with E-state index in [0.717, 1.165) is 12.8 Å². The van der Waals surface area contributed by atoms with Gasteiger partial charge in [-0.15, -0.1) is 0 Å². The fourth-order valence-corrected chi connectivity index (χ4v) is 2.95. The van der Waals surface area contributed by atoms with Gasteiger partial charge < -0.3 is 14.9 Å². The number of esters is 1. The van der Waals surface area contributed by atoms with Crippen LogP contribution in [0.3, 0.4) is 0 Å². The van der Waals surface area contributed by atoms with Gasteiger partial charge in [0.25, 0.3) is 0 Å². The summed E-state index contributed by atoms with van der Waals surface area (Å²) in [7, 11) is 0. The first-order valence-corrected chi connectivity index (χ1v) is 10.6. The molecule has 5 heteroatoms. The Morgan fingerprint density at radius 2 is 1.15 bits per heavy atom. The quantitative estimate of drug-likeness (QED) is 0.171. The summed E-state index contributed by atoms with van der Waals surface area (Å²) >= 11 is 0. The van der Waals surface area contributed by atoms with Crippen LogP contribution in [0.15, 0.2) is 0 Å². The SMILES string of the molecule is CCCCCCCCCCCCCCCCCC(=O)OCC(O)CO.[Zn]. The van der Waals surface area contributed by atoms with Crippen LogP contribution >= 0.6 is 0 Å². The van der Waals surface area contributed by atoms with Crippen LogP contribution in [-0.4, -0.2) is 35.5 Å². The maximum absolute atomic E-state index is 11.4. The second-order valence-corrected chi connectivity index (χ2v) is 7.22. The minimum atomic E-state index is -0.954. The summed E-state index contributed by atoms with van der Waals surface area (Å²) in [6.45, 7) is 1.79. The molecule has 0 heterocycles. The first-order chi connectivity index (χ1) is 12.2. The van der Waals surface area contributed by atoms with Crippen molar-refractivity contribution in [3.8, 4) is 0 Å². The summed E-state index contributed by atoms with van der Waals surface area (Å²) in [5.74, 6) is -0.276. The van der Waals surface area contributed by atoms with E-state index in [1.165, 1.54) is 83.5 Å². The van der Waals surface area contributed by atoms with Crippen molar-refractivity contribution in [2.75, 3.05) is 13.2 Å². The first kappa shape index (κ1) is 28.2. The summed E-state index contributed by atoms with van der Waals surface area (Å²) in [6, 6.07) is 0. The Hall–Kier alpha value is 0.0134. The molecule has 0 amide bonds. The van der Waals surface area contributed by atoms with Crippen molar-refractivity contribution in [1.29, 1.82) is 0 Å². The number of aliphatic hydroxyl groups excluding tert-OH is 2. The molecule has 152 valence electrons. The van der Waals surface area contributed by atoms with Gasteiger partial charge in [-0.25, -0.2) is 0 Å². The summed E-state index contributed by atoms with van der Waals surface area (Å²) in [5, 5.41) is 17.7. The summed E-state index contributed by atoms with van der Waals surface area (Å²) in [5.41, 5.74) is 0. The normalized spacial score (nSPS) is 11.8. The molecule has 0 saturated heterocycles. The smallest absolute Gasteiger partial charge is 0.305 e. The molecular formula is C21H42O4Zn. The van der Waals surface area contributed by atoms with Crippen LogP contribution in [0.5, 0.6) is 0 Å². The molecule has 0 aliphatic carbocycles. The molecule has 0 bridgehead atoms. The number of unbranched alkanes of at least 4 members (excludes halogenated alkanes) is 14. The third kappa shape index (κ3) is 22.1. The Morgan fingerprint density at radius 1 is 0.769 bits per heavy atom. The van der Waals surface area contributed by atoms with Gasteiger partial charge in [-0.2, -0.15) is 0 Å². The molecule has 2 N–H and O–H groups in total. The number of hydrogen-bond donors (Lipinski definition) is 2. The zero-order valence-corrected chi connectivity index (χ0v) is 20.2. The average molecular weight is 424 g/mol. The van der Waals surface area contributed by atoms with Crippen molar-refractivity contribution in [3.63, 3.8) is 0 Å². The van der Waals surface area contributed by atoms with E-state index in [4.69, 9.17) is 14.9 Å². The second kappa shape index (κ2) is 23.1. The van der Waals surface area contributed by atoms with Gasteiger partial charge >= 0.3 is 5.97 Å². The Morgan fingerprint density at radius 3 is 1.54 bits per heavy atom. The van der Waals surface area contributed by atoms with E-state index in [1.807, 2.05) is 0 Å². The Bertz CT molecular complexity index is 287. The van der Waals surface area contributed by atoms with Crippen LogP contribution in [0.1, 0.15) is 110 Å². The molecule has 0 rings (SSSR count). The van der Waals surface area contributed by atoms with E-state index in [1.54, 1.807) is 0 Å².